The van der Waals surface area contributed by atoms with Gasteiger partial charge >= 0.3 is 0 Å². The fourth-order valence-electron chi connectivity index (χ4n) is 4.15. The molecule has 7 heteroatoms. The summed E-state index contributed by atoms with van der Waals surface area (Å²) in [6.45, 7) is 11.6. The number of piperazine rings is 1. The highest BCUT2D eigenvalue weighted by Crippen LogP contribution is 2.17. The van der Waals surface area contributed by atoms with Gasteiger partial charge in [-0.3, -0.25) is 9.80 Å². The first-order valence-electron chi connectivity index (χ1n) is 10.5. The topological polar surface area (TPSA) is 44.7 Å². The summed E-state index contributed by atoms with van der Waals surface area (Å²) in [5.74, 6) is 0.628. The third-order valence-corrected chi connectivity index (χ3v) is 5.57. The van der Waals surface area contributed by atoms with E-state index in [4.69, 9.17) is 9.72 Å². The number of ether oxygens (including phenoxy) is 1. The minimum atomic E-state index is -0.177. The molecule has 0 spiro atoms. The minimum Gasteiger partial charge on any atom is -0.372 e. The van der Waals surface area contributed by atoms with Crippen LogP contribution < -0.4 is 4.90 Å². The van der Waals surface area contributed by atoms with Crippen LogP contribution in [0.25, 0.3) is 0 Å². The SMILES string of the molecule is C[C@@H]1CN(c2nccc(CN3CCN(Cc4ccc(F)cc4)CC3)n2)C[C@@H](C)O1. The number of halogens is 1. The van der Waals surface area contributed by atoms with Crippen LogP contribution in [0.15, 0.2) is 36.5 Å². The van der Waals surface area contributed by atoms with Gasteiger partial charge in [-0.2, -0.15) is 0 Å². The third-order valence-electron chi connectivity index (χ3n) is 5.57. The van der Waals surface area contributed by atoms with Gasteiger partial charge < -0.3 is 9.64 Å². The van der Waals surface area contributed by atoms with Crippen molar-refractivity contribution in [3.8, 4) is 0 Å². The highest BCUT2D eigenvalue weighted by atomic mass is 19.1. The summed E-state index contributed by atoms with van der Waals surface area (Å²) in [6.07, 6.45) is 2.26. The van der Waals surface area contributed by atoms with Gasteiger partial charge in [0.25, 0.3) is 0 Å². The first-order valence-corrected chi connectivity index (χ1v) is 10.5. The van der Waals surface area contributed by atoms with E-state index >= 15 is 0 Å². The van der Waals surface area contributed by atoms with Crippen LogP contribution in [0.1, 0.15) is 25.1 Å². The Morgan fingerprint density at radius 2 is 1.55 bits per heavy atom. The molecule has 2 fully saturated rings. The summed E-state index contributed by atoms with van der Waals surface area (Å²) >= 11 is 0. The molecule has 2 aromatic rings. The smallest absolute Gasteiger partial charge is 0.225 e. The summed E-state index contributed by atoms with van der Waals surface area (Å²) in [4.78, 5) is 16.4. The maximum atomic E-state index is 13.1. The number of morpholine rings is 1. The molecule has 0 bridgehead atoms. The molecular formula is C22H30FN5O. The molecule has 1 aromatic heterocycles. The lowest BCUT2D eigenvalue weighted by Gasteiger charge is -2.36. The fraction of sp³-hybridized carbons (Fsp3) is 0.545. The molecule has 2 aliphatic heterocycles. The zero-order valence-electron chi connectivity index (χ0n) is 17.3. The second kappa shape index (κ2) is 9.15. The van der Waals surface area contributed by atoms with E-state index in [-0.39, 0.29) is 18.0 Å². The number of hydrogen-bond acceptors (Lipinski definition) is 6. The van der Waals surface area contributed by atoms with Crippen LogP contribution >= 0.6 is 0 Å². The molecule has 6 nitrogen and oxygen atoms in total. The normalized spacial score (nSPS) is 24.0. The average Bonchev–Trinajstić information content (AvgIpc) is 2.71. The Morgan fingerprint density at radius 1 is 0.931 bits per heavy atom. The van der Waals surface area contributed by atoms with Crippen molar-refractivity contribution in [2.24, 2.45) is 0 Å². The van der Waals surface area contributed by atoms with Crippen molar-refractivity contribution < 1.29 is 9.13 Å². The zero-order valence-corrected chi connectivity index (χ0v) is 17.3. The number of nitrogens with zero attached hydrogens (tertiary/aromatic N) is 5. The Hall–Kier alpha value is -2.09. The highest BCUT2D eigenvalue weighted by Gasteiger charge is 2.24. The van der Waals surface area contributed by atoms with Crippen molar-refractivity contribution in [1.82, 2.24) is 19.8 Å². The summed E-state index contributed by atoms with van der Waals surface area (Å²) in [6, 6.07) is 8.83. The molecular weight excluding hydrogens is 369 g/mol. The maximum absolute atomic E-state index is 13.1. The molecule has 0 aliphatic carbocycles. The van der Waals surface area contributed by atoms with Gasteiger partial charge in [0.1, 0.15) is 5.82 Å². The van der Waals surface area contributed by atoms with Crippen LogP contribution in [-0.2, 0) is 17.8 Å². The molecule has 2 saturated heterocycles. The van der Waals surface area contributed by atoms with Crippen LogP contribution in [0, 0.1) is 5.82 Å². The first kappa shape index (κ1) is 20.2. The summed E-state index contributed by atoms with van der Waals surface area (Å²) < 4.78 is 18.9. The summed E-state index contributed by atoms with van der Waals surface area (Å²) in [5, 5.41) is 0. The molecule has 156 valence electrons. The number of benzene rings is 1. The van der Waals surface area contributed by atoms with E-state index in [1.54, 1.807) is 0 Å². The van der Waals surface area contributed by atoms with E-state index in [0.29, 0.717) is 0 Å². The molecule has 0 radical (unpaired) electrons. The Labute approximate surface area is 172 Å². The van der Waals surface area contributed by atoms with Gasteiger partial charge in [-0.05, 0) is 37.6 Å². The molecule has 2 aliphatic rings. The van der Waals surface area contributed by atoms with Crippen molar-refractivity contribution >= 4 is 5.95 Å². The zero-order chi connectivity index (χ0) is 20.2. The molecule has 29 heavy (non-hydrogen) atoms. The fourth-order valence-corrected chi connectivity index (χ4v) is 4.15. The van der Waals surface area contributed by atoms with Crippen LogP contribution in [0.2, 0.25) is 0 Å². The van der Waals surface area contributed by atoms with Gasteiger partial charge in [0.05, 0.1) is 17.9 Å². The van der Waals surface area contributed by atoms with Crippen molar-refractivity contribution in [3.63, 3.8) is 0 Å². The predicted molar refractivity (Wildman–Crippen MR) is 111 cm³/mol. The van der Waals surface area contributed by atoms with E-state index in [2.05, 4.69) is 33.5 Å². The quantitative estimate of drug-likeness (QED) is 0.770. The first-order chi connectivity index (χ1) is 14.0. The number of aromatic nitrogens is 2. The Bertz CT molecular complexity index is 784. The summed E-state index contributed by atoms with van der Waals surface area (Å²) in [7, 11) is 0. The van der Waals surface area contributed by atoms with Gasteiger partial charge in [0.15, 0.2) is 0 Å². The van der Waals surface area contributed by atoms with Crippen molar-refractivity contribution in [1.29, 1.82) is 0 Å². The van der Waals surface area contributed by atoms with Gasteiger partial charge in [-0.15, -0.1) is 0 Å². The van der Waals surface area contributed by atoms with Crippen molar-refractivity contribution in [3.05, 3.63) is 53.6 Å². The number of anilines is 1. The maximum Gasteiger partial charge on any atom is 0.225 e. The van der Waals surface area contributed by atoms with Crippen LogP contribution in [0.4, 0.5) is 10.3 Å². The molecule has 2 atom stereocenters. The van der Waals surface area contributed by atoms with Gasteiger partial charge in [-0.1, -0.05) is 12.1 Å². The Balaban J connectivity index is 1.30. The predicted octanol–water partition coefficient (Wildman–Crippen LogP) is 2.55. The molecule has 0 N–H and O–H groups in total. The van der Waals surface area contributed by atoms with E-state index in [1.165, 1.54) is 12.1 Å². The number of rotatable bonds is 5. The lowest BCUT2D eigenvalue weighted by Crippen LogP contribution is -2.46. The average molecular weight is 400 g/mol. The van der Waals surface area contributed by atoms with Crippen molar-refractivity contribution in [2.45, 2.75) is 39.1 Å². The molecule has 0 amide bonds. The highest BCUT2D eigenvalue weighted by molar-refractivity contribution is 5.31. The van der Waals surface area contributed by atoms with Gasteiger partial charge in [0, 0.05) is 58.6 Å². The van der Waals surface area contributed by atoms with E-state index in [0.717, 1.165) is 69.6 Å². The molecule has 0 unspecified atom stereocenters. The summed E-state index contributed by atoms with van der Waals surface area (Å²) in [5.41, 5.74) is 2.23. The molecule has 0 saturated carbocycles. The standard InChI is InChI=1S/C22H30FN5O/c1-17-13-28(14-18(2)29-17)22-24-8-7-21(25-22)16-27-11-9-26(10-12-27)15-19-3-5-20(23)6-4-19/h3-8,17-18H,9-16H2,1-2H3/t17-,18-/m1/s1. The third kappa shape index (κ3) is 5.50. The van der Waals surface area contributed by atoms with Crippen LogP contribution in [-0.4, -0.2) is 71.2 Å². The monoisotopic (exact) mass is 399 g/mol. The molecule has 4 rings (SSSR count). The van der Waals surface area contributed by atoms with E-state index in [9.17, 15) is 4.39 Å². The number of hydrogen-bond donors (Lipinski definition) is 0. The second-order valence-corrected chi connectivity index (χ2v) is 8.19. The second-order valence-electron chi connectivity index (χ2n) is 8.19. The van der Waals surface area contributed by atoms with Gasteiger partial charge in [-0.25, -0.2) is 14.4 Å². The Kier molecular flexibility index (Phi) is 6.37. The Morgan fingerprint density at radius 3 is 2.21 bits per heavy atom. The molecule has 3 heterocycles. The minimum absolute atomic E-state index is 0.177. The van der Waals surface area contributed by atoms with E-state index in [1.807, 2.05) is 24.4 Å². The lowest BCUT2D eigenvalue weighted by atomic mass is 10.2. The molecule has 1 aromatic carbocycles. The largest absolute Gasteiger partial charge is 0.372 e. The van der Waals surface area contributed by atoms with Gasteiger partial charge in [0.2, 0.25) is 5.95 Å². The van der Waals surface area contributed by atoms with Crippen LogP contribution in [0.3, 0.4) is 0 Å². The van der Waals surface area contributed by atoms with E-state index < -0.39 is 0 Å². The van der Waals surface area contributed by atoms with Crippen molar-refractivity contribution in [2.75, 3.05) is 44.2 Å². The van der Waals surface area contributed by atoms with Crippen LogP contribution in [0.5, 0.6) is 0 Å². The lowest BCUT2D eigenvalue weighted by molar-refractivity contribution is -0.00574.